The Balaban J connectivity index is 1.98. The summed E-state index contributed by atoms with van der Waals surface area (Å²) in [6.45, 7) is 0.606. The summed E-state index contributed by atoms with van der Waals surface area (Å²) in [4.78, 5) is 18.2. The predicted octanol–water partition coefficient (Wildman–Crippen LogP) is 6.31. The van der Waals surface area contributed by atoms with Gasteiger partial charge >= 0.3 is 7.82 Å². The molecule has 0 aliphatic heterocycles. The minimum atomic E-state index is -4.42. The van der Waals surface area contributed by atoms with Crippen LogP contribution in [0.1, 0.15) is 76.2 Å². The standard InChI is InChI=1S/C23H41INO4P/c1-25(2,3)20-23(29-30(26,27)28)15-13-11-9-7-5-4-6-8-10-12-14-21-16-18-22(24)19-17-21/h16-19,23H,4-15,20H2,1-3H3,(H-,26,27,28)/p+1. The second kappa shape index (κ2) is 15.0. The van der Waals surface area contributed by atoms with Crippen molar-refractivity contribution in [1.82, 2.24) is 0 Å². The van der Waals surface area contributed by atoms with E-state index in [4.69, 9.17) is 14.3 Å². The minimum absolute atomic E-state index is 0.384. The van der Waals surface area contributed by atoms with Crippen LogP contribution in [0, 0.1) is 3.57 Å². The van der Waals surface area contributed by atoms with E-state index in [1.807, 2.05) is 21.1 Å². The van der Waals surface area contributed by atoms with Crippen LogP contribution in [-0.4, -0.2) is 48.1 Å². The van der Waals surface area contributed by atoms with Gasteiger partial charge in [-0.15, -0.1) is 0 Å². The van der Waals surface area contributed by atoms with Crippen LogP contribution in [0.2, 0.25) is 0 Å². The molecule has 0 saturated carbocycles. The van der Waals surface area contributed by atoms with Gasteiger partial charge < -0.3 is 14.3 Å². The van der Waals surface area contributed by atoms with Gasteiger partial charge in [-0.1, -0.05) is 69.9 Å². The lowest BCUT2D eigenvalue weighted by Gasteiger charge is -2.29. The molecule has 0 heterocycles. The van der Waals surface area contributed by atoms with Crippen LogP contribution in [-0.2, 0) is 15.5 Å². The van der Waals surface area contributed by atoms with Crippen molar-refractivity contribution in [3.63, 3.8) is 0 Å². The van der Waals surface area contributed by atoms with Crippen LogP contribution >= 0.6 is 30.4 Å². The Hall–Kier alpha value is 0.0200. The average Bonchev–Trinajstić information content (AvgIpc) is 2.61. The van der Waals surface area contributed by atoms with E-state index >= 15 is 0 Å². The number of phosphoric ester groups is 1. The molecule has 0 aromatic heterocycles. The largest absolute Gasteiger partial charge is 0.470 e. The van der Waals surface area contributed by atoms with Gasteiger partial charge in [-0.05, 0) is 59.5 Å². The molecule has 0 aliphatic rings. The van der Waals surface area contributed by atoms with Crippen LogP contribution < -0.4 is 0 Å². The first-order chi connectivity index (χ1) is 14.1. The summed E-state index contributed by atoms with van der Waals surface area (Å²) in [5.41, 5.74) is 1.45. The molecule has 174 valence electrons. The molecule has 0 radical (unpaired) electrons. The highest BCUT2D eigenvalue weighted by atomic mass is 127. The van der Waals surface area contributed by atoms with Crippen molar-refractivity contribution in [2.75, 3.05) is 27.7 Å². The zero-order valence-corrected chi connectivity index (χ0v) is 22.1. The first kappa shape index (κ1) is 28.1. The molecule has 2 N–H and O–H groups in total. The van der Waals surface area contributed by atoms with Gasteiger partial charge in [-0.25, -0.2) is 4.57 Å². The molecule has 1 aromatic carbocycles. The van der Waals surface area contributed by atoms with E-state index < -0.39 is 7.82 Å². The van der Waals surface area contributed by atoms with Crippen LogP contribution in [0.5, 0.6) is 0 Å². The highest BCUT2D eigenvalue weighted by molar-refractivity contribution is 14.1. The lowest BCUT2D eigenvalue weighted by Crippen LogP contribution is -2.42. The highest BCUT2D eigenvalue weighted by Gasteiger charge is 2.26. The predicted molar refractivity (Wildman–Crippen MR) is 133 cm³/mol. The third-order valence-corrected chi connectivity index (χ3v) is 6.48. The van der Waals surface area contributed by atoms with E-state index in [2.05, 4.69) is 46.9 Å². The zero-order valence-electron chi connectivity index (χ0n) is 19.1. The molecule has 0 amide bonds. The molecule has 1 atom stereocenters. The van der Waals surface area contributed by atoms with Crippen LogP contribution in [0.4, 0.5) is 0 Å². The van der Waals surface area contributed by atoms with Gasteiger partial charge in [0.25, 0.3) is 0 Å². The monoisotopic (exact) mass is 554 g/mol. The van der Waals surface area contributed by atoms with Crippen LogP contribution in [0.25, 0.3) is 0 Å². The Kier molecular flexibility index (Phi) is 14.0. The summed E-state index contributed by atoms with van der Waals surface area (Å²) < 4.78 is 18.1. The molecular weight excluding hydrogens is 512 g/mol. The smallest absolute Gasteiger partial charge is 0.329 e. The van der Waals surface area contributed by atoms with Crippen molar-refractivity contribution in [2.24, 2.45) is 0 Å². The van der Waals surface area contributed by atoms with Crippen molar-refractivity contribution in [1.29, 1.82) is 0 Å². The molecular formula is C23H42INO4P+. The van der Waals surface area contributed by atoms with Crippen molar-refractivity contribution in [3.05, 3.63) is 33.4 Å². The van der Waals surface area contributed by atoms with Crippen LogP contribution in [0.15, 0.2) is 24.3 Å². The van der Waals surface area contributed by atoms with Crippen molar-refractivity contribution in [2.45, 2.75) is 83.2 Å². The van der Waals surface area contributed by atoms with E-state index in [9.17, 15) is 4.57 Å². The lowest BCUT2D eigenvalue weighted by molar-refractivity contribution is -0.873. The van der Waals surface area contributed by atoms with Gasteiger partial charge in [0.1, 0.15) is 12.6 Å². The first-order valence-electron chi connectivity index (χ1n) is 11.3. The van der Waals surface area contributed by atoms with Gasteiger partial charge in [-0.3, -0.25) is 4.52 Å². The number of aryl methyl sites for hydroxylation is 1. The summed E-state index contributed by atoms with van der Waals surface area (Å²) >= 11 is 2.35. The summed E-state index contributed by atoms with van der Waals surface area (Å²) in [6.07, 6.45) is 13.9. The normalized spacial score (nSPS) is 13.5. The number of hydrogen-bond donors (Lipinski definition) is 2. The molecule has 1 unspecified atom stereocenters. The molecule has 0 spiro atoms. The Morgan fingerprint density at radius 3 is 1.80 bits per heavy atom. The maximum absolute atomic E-state index is 11.2. The first-order valence-corrected chi connectivity index (χ1v) is 13.9. The molecule has 0 fully saturated rings. The van der Waals surface area contributed by atoms with Gasteiger partial charge in [0.15, 0.2) is 0 Å². The Bertz CT molecular complexity index is 613. The number of halogens is 1. The van der Waals surface area contributed by atoms with E-state index in [0.29, 0.717) is 17.4 Å². The topological polar surface area (TPSA) is 66.8 Å². The van der Waals surface area contributed by atoms with Crippen molar-refractivity contribution >= 4 is 30.4 Å². The van der Waals surface area contributed by atoms with Gasteiger partial charge in [0.2, 0.25) is 0 Å². The molecule has 30 heavy (non-hydrogen) atoms. The Labute approximate surface area is 197 Å². The van der Waals surface area contributed by atoms with E-state index in [0.717, 1.165) is 12.8 Å². The summed E-state index contributed by atoms with van der Waals surface area (Å²) in [7, 11) is 1.62. The SMILES string of the molecule is C[N+](C)(C)CC(CCCCCCCCCCCCc1ccc(I)cc1)OP(=O)(O)O. The van der Waals surface area contributed by atoms with Gasteiger partial charge in [0.05, 0.1) is 21.1 Å². The number of unbranched alkanes of at least 4 members (excludes halogenated alkanes) is 9. The number of phosphoric acid groups is 1. The van der Waals surface area contributed by atoms with Crippen LogP contribution in [0.3, 0.4) is 0 Å². The van der Waals surface area contributed by atoms with E-state index in [-0.39, 0.29) is 6.10 Å². The maximum Gasteiger partial charge on any atom is 0.470 e. The van der Waals surface area contributed by atoms with Gasteiger partial charge in [0, 0.05) is 3.57 Å². The quantitative estimate of drug-likeness (QED) is 0.103. The third kappa shape index (κ3) is 16.7. The Morgan fingerprint density at radius 1 is 0.867 bits per heavy atom. The van der Waals surface area contributed by atoms with Crippen molar-refractivity contribution in [3.8, 4) is 0 Å². The molecule has 0 saturated heterocycles. The number of nitrogens with zero attached hydrogens (tertiary/aromatic N) is 1. The second-order valence-electron chi connectivity index (χ2n) is 9.39. The summed E-state index contributed by atoms with van der Waals surface area (Å²) in [5.74, 6) is 0. The fraction of sp³-hybridized carbons (Fsp3) is 0.739. The summed E-state index contributed by atoms with van der Waals surface area (Å²) in [5, 5.41) is 0. The molecule has 1 rings (SSSR count). The minimum Gasteiger partial charge on any atom is -0.329 e. The number of benzene rings is 1. The van der Waals surface area contributed by atoms with E-state index in [1.165, 1.54) is 66.9 Å². The molecule has 1 aromatic rings. The zero-order chi connectivity index (χ0) is 22.5. The number of rotatable bonds is 17. The van der Waals surface area contributed by atoms with Gasteiger partial charge in [-0.2, -0.15) is 0 Å². The maximum atomic E-state index is 11.2. The van der Waals surface area contributed by atoms with E-state index in [1.54, 1.807) is 0 Å². The molecule has 5 nitrogen and oxygen atoms in total. The second-order valence-corrected chi connectivity index (χ2v) is 11.8. The van der Waals surface area contributed by atoms with Crippen molar-refractivity contribution < 1.29 is 23.4 Å². The molecule has 0 bridgehead atoms. The number of hydrogen-bond acceptors (Lipinski definition) is 2. The fourth-order valence-electron chi connectivity index (χ4n) is 3.75. The number of quaternary nitrogens is 1. The third-order valence-electron chi connectivity index (χ3n) is 5.19. The average molecular weight is 554 g/mol. The fourth-order valence-corrected chi connectivity index (χ4v) is 4.67. The number of likely N-dealkylation sites (N-methyl/N-ethyl adjacent to an activating group) is 1. The molecule has 7 heteroatoms. The highest BCUT2D eigenvalue weighted by Crippen LogP contribution is 2.39. The lowest BCUT2D eigenvalue weighted by atomic mass is 10.0. The molecule has 0 aliphatic carbocycles. The Morgan fingerprint density at radius 2 is 1.33 bits per heavy atom. The summed E-state index contributed by atoms with van der Waals surface area (Å²) in [6, 6.07) is 8.85.